The number of nitrogens with one attached hydrogen (secondary N) is 1. The van der Waals surface area contributed by atoms with E-state index < -0.39 is 6.17 Å². The van der Waals surface area contributed by atoms with E-state index in [1.54, 1.807) is 12.3 Å². The second kappa shape index (κ2) is 2.00. The van der Waals surface area contributed by atoms with Crippen LogP contribution >= 0.6 is 0 Å². The molecule has 0 aromatic heterocycles. The van der Waals surface area contributed by atoms with E-state index in [0.717, 1.165) is 0 Å². The van der Waals surface area contributed by atoms with Crippen molar-refractivity contribution < 1.29 is 4.79 Å². The van der Waals surface area contributed by atoms with E-state index in [1.165, 1.54) is 0 Å². The second-order valence-electron chi connectivity index (χ2n) is 2.25. The Balaban J connectivity index is 2.41. The van der Waals surface area contributed by atoms with Crippen LogP contribution in [0.25, 0.3) is 0 Å². The van der Waals surface area contributed by atoms with Crippen molar-refractivity contribution in [3.63, 3.8) is 0 Å². The number of allylic oxidation sites excluding steroid dienone is 1. The van der Waals surface area contributed by atoms with Gasteiger partial charge in [0, 0.05) is 6.21 Å². The van der Waals surface area contributed by atoms with Crippen molar-refractivity contribution in [3.8, 4) is 0 Å². The van der Waals surface area contributed by atoms with Crippen molar-refractivity contribution in [1.82, 2.24) is 5.32 Å². The molecular weight excluding hydrogens is 144 g/mol. The Morgan fingerprint density at radius 1 is 1.64 bits per heavy atom. The molecule has 0 aliphatic carbocycles. The molecule has 5 nitrogen and oxygen atoms in total. The summed E-state index contributed by atoms with van der Waals surface area (Å²) < 4.78 is 0. The summed E-state index contributed by atoms with van der Waals surface area (Å²) in [6, 6.07) is 0. The first-order chi connectivity index (χ1) is 5.27. The van der Waals surface area contributed by atoms with Crippen molar-refractivity contribution in [1.29, 1.82) is 0 Å². The maximum Gasteiger partial charge on any atom is 0.263 e. The molecule has 2 aliphatic heterocycles. The van der Waals surface area contributed by atoms with Crippen molar-refractivity contribution >= 4 is 18.0 Å². The fourth-order valence-corrected chi connectivity index (χ4v) is 0.924. The predicted octanol–water partition coefficient (Wildman–Crippen LogP) is -1.23. The monoisotopic (exact) mass is 150 g/mol. The van der Waals surface area contributed by atoms with Gasteiger partial charge >= 0.3 is 0 Å². The molecule has 1 unspecified atom stereocenters. The van der Waals surface area contributed by atoms with E-state index in [0.29, 0.717) is 11.5 Å². The molecule has 2 aliphatic rings. The Hall–Kier alpha value is -1.49. The summed E-state index contributed by atoms with van der Waals surface area (Å²) in [6.07, 6.45) is 2.45. The van der Waals surface area contributed by atoms with Crippen LogP contribution in [0.3, 0.4) is 0 Å². The standard InChI is InChI=1S/C6H6N4O/c7-4-6(11)9-3-1-2-8-5(3)10-4/h1-2,4H,7H2,(H,9,11). The Kier molecular flexibility index (Phi) is 1.13. The lowest BCUT2D eigenvalue weighted by atomic mass is 10.3. The van der Waals surface area contributed by atoms with Gasteiger partial charge in [0.2, 0.25) is 0 Å². The lowest BCUT2D eigenvalue weighted by Crippen LogP contribution is -2.44. The molecule has 11 heavy (non-hydrogen) atoms. The smallest absolute Gasteiger partial charge is 0.263 e. The highest BCUT2D eigenvalue weighted by atomic mass is 16.2. The summed E-state index contributed by atoms with van der Waals surface area (Å²) in [7, 11) is 0. The van der Waals surface area contributed by atoms with Gasteiger partial charge in [0.05, 0.1) is 5.70 Å². The number of fused-ring (bicyclic) bond motifs is 1. The molecule has 0 saturated carbocycles. The average molecular weight is 150 g/mol. The van der Waals surface area contributed by atoms with Crippen LogP contribution < -0.4 is 11.1 Å². The summed E-state index contributed by atoms with van der Waals surface area (Å²) >= 11 is 0. The Labute approximate surface area is 62.7 Å². The van der Waals surface area contributed by atoms with Crippen molar-refractivity contribution in [2.75, 3.05) is 0 Å². The lowest BCUT2D eigenvalue weighted by molar-refractivity contribution is -0.121. The van der Waals surface area contributed by atoms with E-state index in [4.69, 9.17) is 5.73 Å². The molecule has 5 heteroatoms. The molecule has 1 atom stereocenters. The summed E-state index contributed by atoms with van der Waals surface area (Å²) in [5.74, 6) is 0.225. The van der Waals surface area contributed by atoms with Crippen molar-refractivity contribution in [2.45, 2.75) is 6.17 Å². The molecule has 3 N–H and O–H groups in total. The minimum Gasteiger partial charge on any atom is -0.320 e. The molecule has 0 saturated heterocycles. The number of amidine groups is 1. The Morgan fingerprint density at radius 3 is 3.27 bits per heavy atom. The third-order valence-electron chi connectivity index (χ3n) is 1.47. The molecule has 0 aromatic carbocycles. The molecule has 0 aromatic rings. The molecule has 1 amide bonds. The van der Waals surface area contributed by atoms with Gasteiger partial charge in [-0.3, -0.25) is 4.79 Å². The average Bonchev–Trinajstić information content (AvgIpc) is 2.36. The van der Waals surface area contributed by atoms with Gasteiger partial charge in [-0.1, -0.05) is 0 Å². The minimum atomic E-state index is -0.808. The summed E-state index contributed by atoms with van der Waals surface area (Å²) in [6.45, 7) is 0. The van der Waals surface area contributed by atoms with Crippen LogP contribution in [0.1, 0.15) is 0 Å². The first kappa shape index (κ1) is 6.23. The number of amides is 1. The number of rotatable bonds is 0. The first-order valence-corrected chi connectivity index (χ1v) is 3.16. The lowest BCUT2D eigenvalue weighted by Gasteiger charge is -2.15. The highest BCUT2D eigenvalue weighted by Crippen LogP contribution is 2.07. The Morgan fingerprint density at radius 2 is 2.45 bits per heavy atom. The number of nitrogens with two attached hydrogens (primary N) is 1. The van der Waals surface area contributed by atoms with Gasteiger partial charge in [0.25, 0.3) is 5.91 Å². The van der Waals surface area contributed by atoms with Gasteiger partial charge in [-0.2, -0.15) is 0 Å². The van der Waals surface area contributed by atoms with E-state index in [-0.39, 0.29) is 5.91 Å². The fraction of sp³-hybridized carbons (Fsp3) is 0.167. The maximum absolute atomic E-state index is 10.9. The third kappa shape index (κ3) is 0.857. The highest BCUT2D eigenvalue weighted by Gasteiger charge is 2.24. The number of carbonyl (C=O) groups is 1. The van der Waals surface area contributed by atoms with Crippen LogP contribution in [0.5, 0.6) is 0 Å². The third-order valence-corrected chi connectivity index (χ3v) is 1.47. The van der Waals surface area contributed by atoms with Crippen LogP contribution in [0.15, 0.2) is 21.8 Å². The second-order valence-corrected chi connectivity index (χ2v) is 2.25. The van der Waals surface area contributed by atoms with Crippen LogP contribution in [-0.4, -0.2) is 24.1 Å². The van der Waals surface area contributed by atoms with Gasteiger partial charge in [-0.05, 0) is 6.08 Å². The van der Waals surface area contributed by atoms with Gasteiger partial charge in [0.15, 0.2) is 12.0 Å². The van der Waals surface area contributed by atoms with Crippen molar-refractivity contribution in [2.24, 2.45) is 15.7 Å². The number of aliphatic imine (C=N–C) groups is 2. The topological polar surface area (TPSA) is 79.8 Å². The summed E-state index contributed by atoms with van der Waals surface area (Å²) in [5, 5.41) is 2.57. The molecule has 0 bridgehead atoms. The largest absolute Gasteiger partial charge is 0.320 e. The molecule has 0 fully saturated rings. The number of hydrogen-bond donors (Lipinski definition) is 2. The SMILES string of the molecule is NC1N=C2N=CC=C2NC1=O. The molecule has 2 heterocycles. The summed E-state index contributed by atoms with van der Waals surface area (Å²) in [5.41, 5.74) is 5.97. The number of hydrogen-bond acceptors (Lipinski definition) is 4. The number of nitrogens with zero attached hydrogens (tertiary/aromatic N) is 2. The zero-order valence-electron chi connectivity index (χ0n) is 5.61. The molecule has 0 spiro atoms. The zero-order chi connectivity index (χ0) is 7.84. The predicted molar refractivity (Wildman–Crippen MR) is 40.1 cm³/mol. The van der Waals surface area contributed by atoms with E-state index in [9.17, 15) is 4.79 Å². The molecule has 2 rings (SSSR count). The first-order valence-electron chi connectivity index (χ1n) is 3.16. The molecular formula is C6H6N4O. The molecule has 0 radical (unpaired) electrons. The van der Waals surface area contributed by atoms with Gasteiger partial charge in [-0.25, -0.2) is 9.98 Å². The highest BCUT2D eigenvalue weighted by molar-refractivity contribution is 6.15. The fourth-order valence-electron chi connectivity index (χ4n) is 0.924. The van der Waals surface area contributed by atoms with Crippen LogP contribution in [0.4, 0.5) is 0 Å². The van der Waals surface area contributed by atoms with Gasteiger partial charge in [-0.15, -0.1) is 0 Å². The quantitative estimate of drug-likeness (QED) is 0.453. The minimum absolute atomic E-state index is 0.287. The van der Waals surface area contributed by atoms with E-state index >= 15 is 0 Å². The molecule has 56 valence electrons. The maximum atomic E-state index is 10.9. The zero-order valence-corrected chi connectivity index (χ0v) is 5.61. The van der Waals surface area contributed by atoms with Crippen LogP contribution in [0.2, 0.25) is 0 Å². The van der Waals surface area contributed by atoms with Crippen LogP contribution in [-0.2, 0) is 4.79 Å². The van der Waals surface area contributed by atoms with Gasteiger partial charge in [0.1, 0.15) is 0 Å². The van der Waals surface area contributed by atoms with Crippen molar-refractivity contribution in [3.05, 3.63) is 11.8 Å². The number of carbonyl (C=O) groups excluding carboxylic acids is 1. The summed E-state index contributed by atoms with van der Waals surface area (Å²) in [4.78, 5) is 18.6. The van der Waals surface area contributed by atoms with E-state index in [2.05, 4.69) is 15.3 Å². The Bertz CT molecular complexity index is 302. The van der Waals surface area contributed by atoms with Crippen LogP contribution in [0, 0.1) is 0 Å². The normalized spacial score (nSPS) is 27.4. The van der Waals surface area contributed by atoms with Gasteiger partial charge < -0.3 is 11.1 Å². The van der Waals surface area contributed by atoms with E-state index in [1.807, 2.05) is 0 Å².